The predicted molar refractivity (Wildman–Crippen MR) is 69.2 cm³/mol. The first-order valence-corrected chi connectivity index (χ1v) is 5.59. The number of hydrogen-bond donors (Lipinski definition) is 2. The van der Waals surface area contributed by atoms with Crippen LogP contribution in [0.2, 0.25) is 5.02 Å². The Labute approximate surface area is 110 Å². The van der Waals surface area contributed by atoms with E-state index < -0.39 is 11.8 Å². The highest BCUT2D eigenvalue weighted by Crippen LogP contribution is 2.19. The molecule has 1 rings (SSSR count). The van der Waals surface area contributed by atoms with Gasteiger partial charge in [0, 0.05) is 0 Å². The number of amides is 2. The van der Waals surface area contributed by atoms with E-state index >= 15 is 0 Å². The summed E-state index contributed by atoms with van der Waals surface area (Å²) in [5.74, 6) is -1.52. The van der Waals surface area contributed by atoms with Crippen molar-refractivity contribution >= 4 is 29.1 Å². The lowest BCUT2D eigenvalue weighted by atomic mass is 10.3. The van der Waals surface area contributed by atoms with Gasteiger partial charge in [0.15, 0.2) is 0 Å². The second kappa shape index (κ2) is 7.34. The van der Waals surface area contributed by atoms with Gasteiger partial charge < -0.3 is 15.4 Å². The van der Waals surface area contributed by atoms with Crippen molar-refractivity contribution in [2.45, 2.75) is 0 Å². The molecule has 0 aromatic heterocycles. The molecule has 2 N–H and O–H groups in total. The van der Waals surface area contributed by atoms with Crippen LogP contribution in [0.1, 0.15) is 0 Å². The first-order chi connectivity index (χ1) is 8.65. The molecular formula is C12H13ClN2O3. The van der Waals surface area contributed by atoms with Crippen LogP contribution in [0.5, 0.6) is 0 Å². The molecule has 96 valence electrons. The van der Waals surface area contributed by atoms with Crippen LogP contribution < -0.4 is 10.6 Å². The molecule has 0 heterocycles. The first kappa shape index (κ1) is 14.1. The van der Waals surface area contributed by atoms with Crippen LogP contribution in [0, 0.1) is 0 Å². The van der Waals surface area contributed by atoms with Crippen LogP contribution >= 0.6 is 11.6 Å². The third-order valence-electron chi connectivity index (χ3n) is 1.95. The highest BCUT2D eigenvalue weighted by atomic mass is 35.5. The number of rotatable bonds is 5. The summed E-state index contributed by atoms with van der Waals surface area (Å²) in [4.78, 5) is 22.9. The zero-order valence-corrected chi connectivity index (χ0v) is 10.4. The molecule has 6 heteroatoms. The molecule has 0 spiro atoms. The van der Waals surface area contributed by atoms with Crippen LogP contribution in [-0.4, -0.2) is 25.0 Å². The molecule has 0 fully saturated rings. The fourth-order valence-corrected chi connectivity index (χ4v) is 1.31. The van der Waals surface area contributed by atoms with Crippen LogP contribution in [0.25, 0.3) is 0 Å². The Morgan fingerprint density at radius 3 is 2.72 bits per heavy atom. The number of anilines is 1. The minimum atomic E-state index is -0.776. The summed E-state index contributed by atoms with van der Waals surface area (Å²) in [5.41, 5.74) is 0.390. The number of para-hydroxylation sites is 1. The topological polar surface area (TPSA) is 67.4 Å². The first-order valence-electron chi connectivity index (χ1n) is 5.21. The summed E-state index contributed by atoms with van der Waals surface area (Å²) in [7, 11) is 0. The molecule has 0 bridgehead atoms. The lowest BCUT2D eigenvalue weighted by Gasteiger charge is -2.07. The van der Waals surface area contributed by atoms with Crippen molar-refractivity contribution in [2.75, 3.05) is 18.5 Å². The molecule has 0 unspecified atom stereocenters. The van der Waals surface area contributed by atoms with Gasteiger partial charge in [0.2, 0.25) is 0 Å². The molecule has 5 nitrogen and oxygen atoms in total. The van der Waals surface area contributed by atoms with Crippen molar-refractivity contribution in [2.24, 2.45) is 0 Å². The van der Waals surface area contributed by atoms with Crippen LogP contribution in [-0.2, 0) is 14.3 Å². The molecule has 0 radical (unpaired) electrons. The number of carbonyl (C=O) groups excluding carboxylic acids is 2. The van der Waals surface area contributed by atoms with Crippen molar-refractivity contribution in [1.82, 2.24) is 5.32 Å². The van der Waals surface area contributed by atoms with Gasteiger partial charge in [-0.3, -0.25) is 9.59 Å². The zero-order valence-electron chi connectivity index (χ0n) is 9.61. The number of hydrogen-bond acceptors (Lipinski definition) is 3. The zero-order chi connectivity index (χ0) is 13.4. The Kier molecular flexibility index (Phi) is 5.73. The maximum Gasteiger partial charge on any atom is 0.313 e. The second-order valence-corrected chi connectivity index (χ2v) is 3.63. The summed E-state index contributed by atoms with van der Waals surface area (Å²) in [5, 5.41) is 5.17. The number of halogens is 1. The minimum Gasteiger partial charge on any atom is -0.500 e. The number of carbonyl (C=O) groups is 2. The van der Waals surface area contributed by atoms with Gasteiger partial charge in [0.05, 0.1) is 23.5 Å². The minimum absolute atomic E-state index is 0.223. The van der Waals surface area contributed by atoms with Crippen LogP contribution in [0.15, 0.2) is 37.1 Å². The Morgan fingerprint density at radius 1 is 1.33 bits per heavy atom. The van der Waals surface area contributed by atoms with E-state index in [0.29, 0.717) is 10.7 Å². The maximum absolute atomic E-state index is 11.5. The maximum atomic E-state index is 11.5. The molecule has 1 aromatic rings. The van der Waals surface area contributed by atoms with Crippen LogP contribution in [0.4, 0.5) is 5.69 Å². The van der Waals surface area contributed by atoms with Gasteiger partial charge in [-0.05, 0) is 12.1 Å². The van der Waals surface area contributed by atoms with Crippen molar-refractivity contribution < 1.29 is 14.3 Å². The Morgan fingerprint density at radius 2 is 2.06 bits per heavy atom. The molecule has 0 atom stereocenters. The van der Waals surface area contributed by atoms with Crippen molar-refractivity contribution in [3.8, 4) is 0 Å². The van der Waals surface area contributed by atoms with Gasteiger partial charge in [0.1, 0.15) is 6.61 Å². The number of ether oxygens (including phenoxy) is 1. The molecule has 0 saturated carbocycles. The fourth-order valence-electron chi connectivity index (χ4n) is 1.13. The quantitative estimate of drug-likeness (QED) is 0.484. The summed E-state index contributed by atoms with van der Waals surface area (Å²) in [6, 6.07) is 6.66. The van der Waals surface area contributed by atoms with Gasteiger partial charge in [-0.15, -0.1) is 0 Å². The predicted octanol–water partition coefficient (Wildman–Crippen LogP) is 1.55. The molecule has 0 aliphatic carbocycles. The molecule has 2 amide bonds. The smallest absolute Gasteiger partial charge is 0.313 e. The monoisotopic (exact) mass is 268 g/mol. The highest BCUT2D eigenvalue weighted by molar-refractivity contribution is 6.41. The average molecular weight is 269 g/mol. The average Bonchev–Trinajstić information content (AvgIpc) is 2.37. The van der Waals surface area contributed by atoms with E-state index in [4.69, 9.17) is 16.3 Å². The molecule has 1 aromatic carbocycles. The van der Waals surface area contributed by atoms with E-state index in [2.05, 4.69) is 17.2 Å². The molecule has 0 saturated heterocycles. The van der Waals surface area contributed by atoms with E-state index in [0.717, 1.165) is 0 Å². The van der Waals surface area contributed by atoms with E-state index in [1.807, 2.05) is 0 Å². The summed E-state index contributed by atoms with van der Waals surface area (Å²) < 4.78 is 4.80. The van der Waals surface area contributed by atoms with Gasteiger partial charge >= 0.3 is 11.8 Å². The Bertz CT molecular complexity index is 449. The van der Waals surface area contributed by atoms with Gasteiger partial charge in [-0.1, -0.05) is 30.3 Å². The standard InChI is InChI=1S/C12H13ClN2O3/c1-2-18-8-7-14-11(16)12(17)15-10-6-4-3-5-9(10)13/h2-6H,1,7-8H2,(H,14,16)(H,15,17). The molecular weight excluding hydrogens is 256 g/mol. The third kappa shape index (κ3) is 4.47. The number of benzene rings is 1. The number of nitrogens with one attached hydrogen (secondary N) is 2. The lowest BCUT2D eigenvalue weighted by molar-refractivity contribution is -0.136. The van der Waals surface area contributed by atoms with E-state index in [1.165, 1.54) is 6.26 Å². The lowest BCUT2D eigenvalue weighted by Crippen LogP contribution is -2.37. The van der Waals surface area contributed by atoms with Crippen LogP contribution in [0.3, 0.4) is 0 Å². The second-order valence-electron chi connectivity index (χ2n) is 3.23. The summed E-state index contributed by atoms with van der Waals surface area (Å²) in [6.45, 7) is 3.83. The summed E-state index contributed by atoms with van der Waals surface area (Å²) >= 11 is 5.84. The Hall–Kier alpha value is -2.01. The SMILES string of the molecule is C=COCCNC(=O)C(=O)Nc1ccccc1Cl. The fraction of sp³-hybridized carbons (Fsp3) is 0.167. The van der Waals surface area contributed by atoms with E-state index in [9.17, 15) is 9.59 Å². The van der Waals surface area contributed by atoms with Gasteiger partial charge in [0.25, 0.3) is 0 Å². The molecule has 0 aliphatic rings. The third-order valence-corrected chi connectivity index (χ3v) is 2.28. The van der Waals surface area contributed by atoms with Gasteiger partial charge in [-0.25, -0.2) is 0 Å². The van der Waals surface area contributed by atoms with Gasteiger partial charge in [-0.2, -0.15) is 0 Å². The van der Waals surface area contributed by atoms with Crippen molar-refractivity contribution in [3.63, 3.8) is 0 Å². The van der Waals surface area contributed by atoms with Crippen molar-refractivity contribution in [1.29, 1.82) is 0 Å². The largest absolute Gasteiger partial charge is 0.500 e. The van der Waals surface area contributed by atoms with E-state index in [1.54, 1.807) is 24.3 Å². The Balaban J connectivity index is 2.43. The normalized spacial score (nSPS) is 9.39. The molecule has 18 heavy (non-hydrogen) atoms. The summed E-state index contributed by atoms with van der Waals surface area (Å²) in [6.07, 6.45) is 1.26. The molecule has 0 aliphatic heterocycles. The van der Waals surface area contributed by atoms with Crippen molar-refractivity contribution in [3.05, 3.63) is 42.1 Å². The highest BCUT2D eigenvalue weighted by Gasteiger charge is 2.13. The van der Waals surface area contributed by atoms with E-state index in [-0.39, 0.29) is 13.2 Å².